The van der Waals surface area contributed by atoms with Crippen molar-refractivity contribution in [1.82, 2.24) is 0 Å². The third-order valence-corrected chi connectivity index (χ3v) is 7.53. The van der Waals surface area contributed by atoms with Crippen LogP contribution in [0.3, 0.4) is 0 Å². The summed E-state index contributed by atoms with van der Waals surface area (Å²) in [4.78, 5) is 12.4. The molecule has 0 fully saturated rings. The zero-order valence-electron chi connectivity index (χ0n) is 19.5. The molecule has 11 nitrogen and oxygen atoms in total. The molecule has 1 radical (unpaired) electrons. The normalized spacial score (nSPS) is 16.0. The van der Waals surface area contributed by atoms with Gasteiger partial charge in [0.25, 0.3) is 26.0 Å². The maximum atomic E-state index is 13.0. The number of nitrogens with zero attached hydrogens (tertiary/aromatic N) is 4. The number of azo groups is 1. The summed E-state index contributed by atoms with van der Waals surface area (Å²) in [6.45, 7) is 1.52. The standard InChI is InChI=1S/C22H18ClN5O6S2.Na/c1-14-21(22(29)28(26-14)20-13-18(36(32,33)34)10-11-19(20)23)25-24-16-8-5-9-17(12-16)35(30,31)27-15-6-3-2-4-7-15;/h2-13,21,27H,1H3,(H,32,33,34);. The number of hydrogen-bond acceptors (Lipinski definition) is 8. The minimum Gasteiger partial charge on any atom is -0.282 e. The molecule has 4 rings (SSSR count). The van der Waals surface area contributed by atoms with Crippen LogP contribution in [0.4, 0.5) is 17.1 Å². The van der Waals surface area contributed by atoms with Crippen molar-refractivity contribution in [3.8, 4) is 0 Å². The quantitative estimate of drug-likeness (QED) is 0.249. The first-order valence-corrected chi connectivity index (χ1v) is 13.5. The monoisotopic (exact) mass is 570 g/mol. The number of nitrogens with one attached hydrogen (secondary N) is 1. The van der Waals surface area contributed by atoms with Crippen molar-refractivity contribution in [2.45, 2.75) is 22.8 Å². The Hall–Kier alpha value is -2.65. The van der Waals surface area contributed by atoms with Gasteiger partial charge in [0.2, 0.25) is 0 Å². The van der Waals surface area contributed by atoms with Crippen LogP contribution in [0, 0.1) is 0 Å². The van der Waals surface area contributed by atoms with E-state index in [1.54, 1.807) is 30.3 Å². The van der Waals surface area contributed by atoms with E-state index in [1.807, 2.05) is 0 Å². The number of carbonyl (C=O) groups is 1. The number of halogens is 1. The van der Waals surface area contributed by atoms with Crippen LogP contribution in [0.25, 0.3) is 0 Å². The summed E-state index contributed by atoms with van der Waals surface area (Å²) in [5, 5.41) is 13.0. The van der Waals surface area contributed by atoms with Gasteiger partial charge in [-0.1, -0.05) is 35.9 Å². The van der Waals surface area contributed by atoms with Crippen LogP contribution < -0.4 is 9.73 Å². The van der Waals surface area contributed by atoms with Crippen LogP contribution in [0.2, 0.25) is 5.02 Å². The number of hydrogen-bond donors (Lipinski definition) is 2. The van der Waals surface area contributed by atoms with Crippen LogP contribution in [-0.2, 0) is 24.9 Å². The van der Waals surface area contributed by atoms with E-state index in [0.717, 1.165) is 17.1 Å². The van der Waals surface area contributed by atoms with Crippen molar-refractivity contribution < 1.29 is 26.2 Å². The van der Waals surface area contributed by atoms with Crippen LogP contribution in [-0.4, -0.2) is 68.6 Å². The van der Waals surface area contributed by atoms with Gasteiger partial charge in [0.1, 0.15) is 0 Å². The summed E-state index contributed by atoms with van der Waals surface area (Å²) in [5.74, 6) is -0.667. The van der Waals surface area contributed by atoms with Crippen molar-refractivity contribution in [3.63, 3.8) is 0 Å². The second-order valence-electron chi connectivity index (χ2n) is 7.57. The molecule has 2 N–H and O–H groups in total. The first-order chi connectivity index (χ1) is 17.0. The molecule has 0 saturated carbocycles. The second kappa shape index (κ2) is 11.4. The van der Waals surface area contributed by atoms with Crippen molar-refractivity contribution >= 4 is 90.0 Å². The Balaban J connectivity index is 0.00000380. The molecule has 1 heterocycles. The van der Waals surface area contributed by atoms with E-state index in [2.05, 4.69) is 20.1 Å². The summed E-state index contributed by atoms with van der Waals surface area (Å²) in [6.07, 6.45) is 0. The van der Waals surface area contributed by atoms with Gasteiger partial charge < -0.3 is 0 Å². The third kappa shape index (κ3) is 6.62. The van der Waals surface area contributed by atoms with E-state index in [0.29, 0.717) is 5.69 Å². The fraction of sp³-hybridized carbons (Fsp3) is 0.0909. The zero-order chi connectivity index (χ0) is 26.1. The second-order valence-corrected chi connectivity index (χ2v) is 11.1. The molecule has 1 aliphatic rings. The van der Waals surface area contributed by atoms with Gasteiger partial charge in [-0.25, -0.2) is 8.42 Å². The van der Waals surface area contributed by atoms with E-state index < -0.39 is 37.0 Å². The topological polar surface area (TPSA) is 158 Å². The molecule has 0 saturated heterocycles. The largest absolute Gasteiger partial charge is 0.294 e. The summed E-state index contributed by atoms with van der Waals surface area (Å²) in [5.41, 5.74) is 0.752. The number of benzene rings is 3. The molecule has 0 bridgehead atoms. The fourth-order valence-corrected chi connectivity index (χ4v) is 5.03. The number of para-hydroxylation sites is 1. The molecule has 0 spiro atoms. The Bertz CT molecular complexity index is 1620. The van der Waals surface area contributed by atoms with Crippen LogP contribution in [0.5, 0.6) is 0 Å². The molecule has 0 aliphatic carbocycles. The van der Waals surface area contributed by atoms with E-state index in [9.17, 15) is 26.2 Å². The van der Waals surface area contributed by atoms with E-state index in [1.165, 1.54) is 37.3 Å². The number of carbonyl (C=O) groups excluding carboxylic acids is 1. The average molecular weight is 571 g/mol. The molecule has 1 atom stereocenters. The van der Waals surface area contributed by atoms with Crippen LogP contribution >= 0.6 is 11.6 Å². The van der Waals surface area contributed by atoms with E-state index >= 15 is 0 Å². The van der Waals surface area contributed by atoms with E-state index in [4.69, 9.17) is 11.6 Å². The van der Waals surface area contributed by atoms with Crippen LogP contribution in [0.1, 0.15) is 6.92 Å². The van der Waals surface area contributed by atoms with Crippen molar-refractivity contribution in [1.29, 1.82) is 0 Å². The SMILES string of the molecule is CC1=NN(c2cc(S(=O)(=O)O)ccc2Cl)C(=O)C1N=Nc1cccc(S(=O)(=O)Nc2ccccc2)c1.[Na]. The summed E-state index contributed by atoms with van der Waals surface area (Å²) < 4.78 is 60.1. The van der Waals surface area contributed by atoms with Gasteiger partial charge in [-0.2, -0.15) is 28.8 Å². The molecular weight excluding hydrogens is 553 g/mol. The molecule has 1 unspecified atom stereocenters. The first kappa shape index (κ1) is 28.9. The third-order valence-electron chi connectivity index (χ3n) is 4.98. The predicted molar refractivity (Wildman–Crippen MR) is 140 cm³/mol. The Labute approximate surface area is 240 Å². The van der Waals surface area contributed by atoms with Gasteiger partial charge in [0.15, 0.2) is 6.04 Å². The molecule has 1 amide bonds. The zero-order valence-corrected chi connectivity index (χ0v) is 23.9. The van der Waals surface area contributed by atoms with Gasteiger partial charge in [0, 0.05) is 35.2 Å². The van der Waals surface area contributed by atoms with Crippen molar-refractivity contribution in [2.24, 2.45) is 15.3 Å². The smallest absolute Gasteiger partial charge is 0.282 e. The van der Waals surface area contributed by atoms with Gasteiger partial charge in [-0.3, -0.25) is 14.1 Å². The number of anilines is 2. The molecule has 0 aromatic heterocycles. The van der Waals surface area contributed by atoms with Gasteiger partial charge in [-0.15, -0.1) is 0 Å². The van der Waals surface area contributed by atoms with Gasteiger partial charge in [0.05, 0.1) is 31.9 Å². The maximum absolute atomic E-state index is 13.0. The van der Waals surface area contributed by atoms with Gasteiger partial charge in [-0.05, 0) is 55.5 Å². The van der Waals surface area contributed by atoms with E-state index in [-0.39, 0.29) is 56.6 Å². The molecule has 3 aromatic carbocycles. The average Bonchev–Trinajstić information content (AvgIpc) is 3.10. The molecule has 15 heteroatoms. The number of hydrazone groups is 1. The number of sulfonamides is 1. The first-order valence-electron chi connectivity index (χ1n) is 10.2. The Kier molecular flexibility index (Phi) is 8.90. The summed E-state index contributed by atoms with van der Waals surface area (Å²) in [6, 6.07) is 16.2. The Morgan fingerprint density at radius 3 is 2.35 bits per heavy atom. The van der Waals surface area contributed by atoms with Gasteiger partial charge >= 0.3 is 0 Å². The van der Waals surface area contributed by atoms with Crippen molar-refractivity contribution in [3.05, 3.63) is 77.8 Å². The molecule has 1 aliphatic heterocycles. The Morgan fingerprint density at radius 1 is 0.973 bits per heavy atom. The Morgan fingerprint density at radius 2 is 1.68 bits per heavy atom. The maximum Gasteiger partial charge on any atom is 0.294 e. The molecular formula is C22H18ClN5NaO6S2. The number of amides is 1. The molecule has 3 aromatic rings. The van der Waals surface area contributed by atoms with Crippen molar-refractivity contribution in [2.75, 3.05) is 9.73 Å². The van der Waals surface area contributed by atoms with Crippen LogP contribution in [0.15, 0.2) is 97.9 Å². The summed E-state index contributed by atoms with van der Waals surface area (Å²) in [7, 11) is -8.44. The summed E-state index contributed by atoms with van der Waals surface area (Å²) >= 11 is 6.12. The number of rotatable bonds is 7. The fourth-order valence-electron chi connectivity index (χ4n) is 3.23. The minimum absolute atomic E-state index is 0. The minimum atomic E-state index is -4.54. The predicted octanol–water partition coefficient (Wildman–Crippen LogP) is 3.88. The molecule has 187 valence electrons. The molecule has 37 heavy (non-hydrogen) atoms.